The van der Waals surface area contributed by atoms with Crippen LogP contribution in [0.4, 0.5) is 0 Å². The maximum Gasteiger partial charge on any atom is 0.243 e. The van der Waals surface area contributed by atoms with Crippen LogP contribution in [0, 0.1) is 11.3 Å². The van der Waals surface area contributed by atoms with Crippen molar-refractivity contribution < 1.29 is 14.6 Å². The molecule has 0 radical (unpaired) electrons. The van der Waals surface area contributed by atoms with E-state index in [1.165, 1.54) is 32.6 Å². The first-order valence-corrected chi connectivity index (χ1v) is 6.85. The molecule has 0 aromatic heterocycles. The van der Waals surface area contributed by atoms with Gasteiger partial charge in [0.25, 0.3) is 0 Å². The van der Waals surface area contributed by atoms with Crippen molar-refractivity contribution in [2.24, 2.45) is 16.4 Å². The zero-order valence-corrected chi connectivity index (χ0v) is 11.4. The zero-order chi connectivity index (χ0) is 14.2. The number of nitrogens with one attached hydrogen (secondary N) is 1. The lowest BCUT2D eigenvalue weighted by Gasteiger charge is -2.25. The van der Waals surface area contributed by atoms with E-state index in [0.717, 1.165) is 6.42 Å². The van der Waals surface area contributed by atoms with Crippen LogP contribution in [-0.4, -0.2) is 24.3 Å². The van der Waals surface area contributed by atoms with Crippen LogP contribution < -0.4 is 10.2 Å². The summed E-state index contributed by atoms with van der Waals surface area (Å²) in [5, 5.41) is 13.8. The molecule has 2 aliphatic rings. The summed E-state index contributed by atoms with van der Waals surface area (Å²) in [6.07, 6.45) is 6.02. The van der Waals surface area contributed by atoms with Gasteiger partial charge in [0.2, 0.25) is 5.91 Å². The van der Waals surface area contributed by atoms with Crippen molar-refractivity contribution in [2.45, 2.75) is 25.7 Å². The highest BCUT2D eigenvalue weighted by molar-refractivity contribution is 5.87. The van der Waals surface area contributed by atoms with Crippen LogP contribution in [0.25, 0.3) is 0 Å². The average Bonchev–Trinajstić information content (AvgIpc) is 3.16. The number of phenols is 1. The first-order valence-electron chi connectivity index (χ1n) is 6.85. The summed E-state index contributed by atoms with van der Waals surface area (Å²) in [6.45, 7) is 0. The van der Waals surface area contributed by atoms with E-state index >= 15 is 0 Å². The molecule has 0 aliphatic heterocycles. The normalized spacial score (nSPS) is 22.6. The zero-order valence-electron chi connectivity index (χ0n) is 11.4. The number of hydrogen-bond donors (Lipinski definition) is 2. The fraction of sp³-hybridized carbons (Fsp3) is 0.467. The highest BCUT2D eigenvalue weighted by atomic mass is 16.5. The van der Waals surface area contributed by atoms with Crippen LogP contribution >= 0.6 is 0 Å². The van der Waals surface area contributed by atoms with Crippen LogP contribution in [0.5, 0.6) is 11.5 Å². The van der Waals surface area contributed by atoms with Crippen molar-refractivity contribution >= 4 is 12.1 Å². The minimum atomic E-state index is -0.0108. The highest BCUT2D eigenvalue weighted by Crippen LogP contribution is 2.65. The van der Waals surface area contributed by atoms with Gasteiger partial charge in [-0.1, -0.05) is 12.5 Å². The van der Waals surface area contributed by atoms with Crippen molar-refractivity contribution in [3.05, 3.63) is 23.8 Å². The molecule has 0 bridgehead atoms. The molecule has 2 fully saturated rings. The fourth-order valence-corrected chi connectivity index (χ4v) is 2.95. The van der Waals surface area contributed by atoms with Gasteiger partial charge in [-0.15, -0.1) is 0 Å². The van der Waals surface area contributed by atoms with E-state index in [1.807, 2.05) is 0 Å². The average molecular weight is 274 g/mol. The molecule has 0 heterocycles. The Morgan fingerprint density at radius 2 is 2.35 bits per heavy atom. The molecule has 0 saturated heterocycles. The van der Waals surface area contributed by atoms with Gasteiger partial charge in [0, 0.05) is 11.5 Å². The van der Waals surface area contributed by atoms with Crippen LogP contribution in [0.1, 0.15) is 31.2 Å². The van der Waals surface area contributed by atoms with E-state index in [1.54, 1.807) is 18.2 Å². The molecule has 2 saturated carbocycles. The van der Waals surface area contributed by atoms with E-state index in [-0.39, 0.29) is 17.6 Å². The lowest BCUT2D eigenvalue weighted by atomic mass is 9.80. The number of carbonyl (C=O) groups excluding carboxylic acids is 1. The van der Waals surface area contributed by atoms with Crippen LogP contribution in [0.3, 0.4) is 0 Å². The molecule has 1 aromatic carbocycles. The smallest absolute Gasteiger partial charge is 0.243 e. The lowest BCUT2D eigenvalue weighted by molar-refractivity contribution is -0.123. The molecular weight excluding hydrogens is 256 g/mol. The number of benzene rings is 1. The van der Waals surface area contributed by atoms with E-state index in [0.29, 0.717) is 16.7 Å². The van der Waals surface area contributed by atoms with Gasteiger partial charge in [-0.3, -0.25) is 4.79 Å². The number of amides is 1. The fourth-order valence-electron chi connectivity index (χ4n) is 2.95. The summed E-state index contributed by atoms with van der Waals surface area (Å²) in [5.41, 5.74) is 3.38. The van der Waals surface area contributed by atoms with E-state index in [2.05, 4.69) is 10.5 Å². The van der Waals surface area contributed by atoms with E-state index in [9.17, 15) is 9.90 Å². The molecule has 5 heteroatoms. The quantitative estimate of drug-likeness (QED) is 0.652. The molecule has 20 heavy (non-hydrogen) atoms. The Balaban J connectivity index is 1.59. The Hall–Kier alpha value is -2.04. The van der Waals surface area contributed by atoms with Crippen LogP contribution in [0.15, 0.2) is 23.3 Å². The largest absolute Gasteiger partial charge is 0.504 e. The second-order valence-corrected chi connectivity index (χ2v) is 5.60. The topological polar surface area (TPSA) is 70.9 Å². The van der Waals surface area contributed by atoms with Crippen molar-refractivity contribution in [3.63, 3.8) is 0 Å². The van der Waals surface area contributed by atoms with E-state index < -0.39 is 0 Å². The molecule has 1 atom stereocenters. The maximum atomic E-state index is 11.9. The summed E-state index contributed by atoms with van der Waals surface area (Å²) in [6, 6.07) is 5.12. The molecule has 2 N–H and O–H groups in total. The summed E-state index contributed by atoms with van der Waals surface area (Å²) in [5.74, 6) is 0.529. The first kappa shape index (κ1) is 13.0. The van der Waals surface area contributed by atoms with Crippen molar-refractivity contribution in [2.75, 3.05) is 7.11 Å². The third kappa shape index (κ3) is 2.13. The van der Waals surface area contributed by atoms with Gasteiger partial charge >= 0.3 is 0 Å². The van der Waals surface area contributed by atoms with Gasteiger partial charge in [-0.2, -0.15) is 5.10 Å². The minimum absolute atomic E-state index is 0.0108. The van der Waals surface area contributed by atoms with Gasteiger partial charge in [0.15, 0.2) is 11.5 Å². The van der Waals surface area contributed by atoms with Crippen molar-refractivity contribution in [3.8, 4) is 11.5 Å². The monoisotopic (exact) mass is 274 g/mol. The number of methoxy groups -OCH3 is 1. The van der Waals surface area contributed by atoms with Gasteiger partial charge in [-0.25, -0.2) is 5.43 Å². The third-order valence-electron chi connectivity index (χ3n) is 4.48. The minimum Gasteiger partial charge on any atom is -0.504 e. The second kappa shape index (κ2) is 4.81. The Morgan fingerprint density at radius 3 is 2.95 bits per heavy atom. The molecule has 5 nitrogen and oxygen atoms in total. The predicted molar refractivity (Wildman–Crippen MR) is 74.8 cm³/mol. The highest BCUT2D eigenvalue weighted by Gasteiger charge is 2.60. The Labute approximate surface area is 117 Å². The van der Waals surface area contributed by atoms with Gasteiger partial charge in [0.05, 0.1) is 13.3 Å². The number of hydrogen-bond acceptors (Lipinski definition) is 4. The first-order chi connectivity index (χ1) is 9.66. The number of phenolic OH excluding ortho intramolecular Hbond substituents is 1. The SMILES string of the molecule is COc1cccc(/C=N/NC(=O)[C@@H]2CC23CCC3)c1O. The number of carbonyl (C=O) groups is 1. The molecule has 2 aliphatic carbocycles. The predicted octanol–water partition coefficient (Wildman–Crippen LogP) is 2.04. The molecule has 1 spiro atoms. The molecule has 1 amide bonds. The molecular formula is C15H18N2O3. The van der Waals surface area contributed by atoms with E-state index in [4.69, 9.17) is 4.74 Å². The maximum absolute atomic E-state index is 11.9. The molecule has 0 unspecified atom stereocenters. The number of aromatic hydroxyl groups is 1. The van der Waals surface area contributed by atoms with Crippen molar-refractivity contribution in [1.29, 1.82) is 0 Å². The van der Waals surface area contributed by atoms with Gasteiger partial charge in [-0.05, 0) is 36.8 Å². The Morgan fingerprint density at radius 1 is 1.55 bits per heavy atom. The second-order valence-electron chi connectivity index (χ2n) is 5.60. The number of hydrazone groups is 1. The van der Waals surface area contributed by atoms with Gasteiger partial charge < -0.3 is 9.84 Å². The summed E-state index contributed by atoms with van der Waals surface area (Å²) in [7, 11) is 1.49. The molecule has 3 rings (SSSR count). The molecule has 106 valence electrons. The van der Waals surface area contributed by atoms with Crippen LogP contribution in [0.2, 0.25) is 0 Å². The summed E-state index contributed by atoms with van der Waals surface area (Å²) in [4.78, 5) is 11.9. The third-order valence-corrected chi connectivity index (χ3v) is 4.48. The number of para-hydroxylation sites is 1. The Bertz CT molecular complexity index is 564. The lowest BCUT2D eigenvalue weighted by Crippen LogP contribution is -2.26. The van der Waals surface area contributed by atoms with Gasteiger partial charge in [0.1, 0.15) is 0 Å². The number of nitrogens with zero attached hydrogens (tertiary/aromatic N) is 1. The Kier molecular flexibility index (Phi) is 3.12. The number of ether oxygens (including phenoxy) is 1. The van der Waals surface area contributed by atoms with Crippen molar-refractivity contribution in [1.82, 2.24) is 5.43 Å². The van der Waals surface area contributed by atoms with Crippen LogP contribution in [-0.2, 0) is 4.79 Å². The molecule has 1 aromatic rings. The number of rotatable bonds is 4. The standard InChI is InChI=1S/C15H18N2O3/c1-20-12-5-2-4-10(13(12)18)9-16-17-14(19)11-8-15(11)6-3-7-15/h2,4-5,9,11,18H,3,6-8H2,1H3,(H,17,19)/b16-9+/t11-/m0/s1. The summed E-state index contributed by atoms with van der Waals surface area (Å²) < 4.78 is 5.01. The summed E-state index contributed by atoms with van der Waals surface area (Å²) >= 11 is 0.